The van der Waals surface area contributed by atoms with Crippen molar-refractivity contribution in [3.8, 4) is 0 Å². The van der Waals surface area contributed by atoms with Gasteiger partial charge in [0.25, 0.3) is 0 Å². The van der Waals surface area contributed by atoms with E-state index in [1.165, 1.54) is 18.2 Å². The van der Waals surface area contributed by atoms with Crippen molar-refractivity contribution in [3.05, 3.63) is 29.6 Å². The van der Waals surface area contributed by atoms with Gasteiger partial charge < -0.3 is 5.32 Å². The number of rotatable bonds is 2. The summed E-state index contributed by atoms with van der Waals surface area (Å²) in [5.74, 6) is 2.19. The van der Waals surface area contributed by atoms with Gasteiger partial charge in [-0.3, -0.25) is 0 Å². The van der Waals surface area contributed by atoms with Crippen LogP contribution in [0.4, 0.5) is 10.1 Å². The zero-order valence-corrected chi connectivity index (χ0v) is 9.74. The maximum absolute atomic E-state index is 13.5. The van der Waals surface area contributed by atoms with E-state index in [0.717, 1.165) is 17.7 Å². The van der Waals surface area contributed by atoms with Crippen LogP contribution in [0.15, 0.2) is 18.2 Å². The Hall–Kier alpha value is -0.700. The maximum atomic E-state index is 13.5. The Labute approximate surface area is 94.5 Å². The molecular weight excluding hydrogens is 209 g/mol. The molecule has 15 heavy (non-hydrogen) atoms. The van der Waals surface area contributed by atoms with Crippen molar-refractivity contribution < 1.29 is 4.39 Å². The minimum atomic E-state index is -0.142. The molecule has 0 spiro atoms. The van der Waals surface area contributed by atoms with Gasteiger partial charge in [0.15, 0.2) is 0 Å². The quantitative estimate of drug-likeness (QED) is 0.827. The Kier molecular flexibility index (Phi) is 3.52. The topological polar surface area (TPSA) is 12.0 Å². The summed E-state index contributed by atoms with van der Waals surface area (Å²) >= 11 is 1.95. The van der Waals surface area contributed by atoms with Crippen molar-refractivity contribution in [1.82, 2.24) is 0 Å². The minimum absolute atomic E-state index is 0.142. The van der Waals surface area contributed by atoms with Crippen LogP contribution in [0.5, 0.6) is 0 Å². The molecule has 1 aromatic carbocycles. The molecule has 0 bridgehead atoms. The van der Waals surface area contributed by atoms with Crippen LogP contribution >= 0.6 is 11.8 Å². The zero-order valence-electron chi connectivity index (χ0n) is 8.92. The number of hydrogen-bond acceptors (Lipinski definition) is 2. The summed E-state index contributed by atoms with van der Waals surface area (Å²) in [7, 11) is 0. The molecule has 1 aliphatic rings. The highest BCUT2D eigenvalue weighted by Gasteiger charge is 2.14. The monoisotopic (exact) mass is 225 g/mol. The van der Waals surface area contributed by atoms with E-state index in [1.807, 2.05) is 24.8 Å². The number of hydrogen-bond donors (Lipinski definition) is 1. The normalized spacial score (nSPS) is 21.3. The molecule has 0 aliphatic carbocycles. The summed E-state index contributed by atoms with van der Waals surface area (Å²) in [5.41, 5.74) is 1.75. The van der Waals surface area contributed by atoms with Crippen molar-refractivity contribution in [2.75, 3.05) is 16.8 Å². The highest BCUT2D eigenvalue weighted by Crippen LogP contribution is 2.23. The average Bonchev–Trinajstić information content (AvgIpc) is 2.25. The number of aryl methyl sites for hydroxylation is 1. The number of nitrogens with one attached hydrogen (secondary N) is 1. The highest BCUT2D eigenvalue weighted by atomic mass is 32.2. The molecule has 1 N–H and O–H groups in total. The molecule has 0 unspecified atom stereocenters. The summed E-state index contributed by atoms with van der Waals surface area (Å²) in [6.45, 7) is 1.99. The van der Waals surface area contributed by atoms with Crippen LogP contribution < -0.4 is 5.32 Å². The van der Waals surface area contributed by atoms with E-state index < -0.39 is 0 Å². The third kappa shape index (κ3) is 2.88. The van der Waals surface area contributed by atoms with Gasteiger partial charge in [-0.2, -0.15) is 11.8 Å². The first kappa shape index (κ1) is 10.8. The van der Waals surface area contributed by atoms with Crippen LogP contribution in [0.3, 0.4) is 0 Å². The molecule has 1 heterocycles. The first-order chi connectivity index (χ1) is 7.25. The van der Waals surface area contributed by atoms with Gasteiger partial charge in [0.2, 0.25) is 0 Å². The largest absolute Gasteiger partial charge is 0.379 e. The van der Waals surface area contributed by atoms with Gasteiger partial charge in [-0.1, -0.05) is 6.07 Å². The first-order valence-electron chi connectivity index (χ1n) is 5.36. The highest BCUT2D eigenvalue weighted by molar-refractivity contribution is 7.99. The smallest absolute Gasteiger partial charge is 0.146 e. The van der Waals surface area contributed by atoms with E-state index in [2.05, 4.69) is 5.32 Å². The lowest BCUT2D eigenvalue weighted by Gasteiger charge is -2.23. The third-order valence-corrected chi connectivity index (χ3v) is 3.86. The van der Waals surface area contributed by atoms with Gasteiger partial charge in [-0.25, -0.2) is 4.39 Å². The Bertz CT molecular complexity index is 334. The van der Waals surface area contributed by atoms with Gasteiger partial charge in [0, 0.05) is 11.8 Å². The Morgan fingerprint density at radius 2 is 2.33 bits per heavy atom. The van der Waals surface area contributed by atoms with Gasteiger partial charge in [0.05, 0.1) is 5.69 Å². The fraction of sp³-hybridized carbons (Fsp3) is 0.500. The molecule has 1 fully saturated rings. The molecular formula is C12H16FNS. The molecule has 1 aliphatic heterocycles. The van der Waals surface area contributed by atoms with E-state index in [1.54, 1.807) is 6.07 Å². The summed E-state index contributed by atoms with van der Waals surface area (Å²) in [4.78, 5) is 0. The van der Waals surface area contributed by atoms with Crippen molar-refractivity contribution in [2.24, 2.45) is 0 Å². The van der Waals surface area contributed by atoms with Crippen molar-refractivity contribution in [3.63, 3.8) is 0 Å². The SMILES string of the molecule is Cc1ccc(F)c(N[C@@H]2CCCSC2)c1. The molecule has 0 amide bonds. The van der Waals surface area contributed by atoms with E-state index in [9.17, 15) is 4.39 Å². The van der Waals surface area contributed by atoms with Crippen LogP contribution in [0.1, 0.15) is 18.4 Å². The molecule has 1 aromatic rings. The molecule has 1 saturated heterocycles. The predicted molar refractivity (Wildman–Crippen MR) is 65.1 cm³/mol. The fourth-order valence-electron chi connectivity index (χ4n) is 1.82. The molecule has 1 atom stereocenters. The average molecular weight is 225 g/mol. The number of benzene rings is 1. The van der Waals surface area contributed by atoms with E-state index in [4.69, 9.17) is 0 Å². The van der Waals surface area contributed by atoms with Crippen LogP contribution in [0.2, 0.25) is 0 Å². The molecule has 82 valence electrons. The second kappa shape index (κ2) is 4.88. The van der Waals surface area contributed by atoms with Crippen LogP contribution in [0.25, 0.3) is 0 Å². The number of thioether (sulfide) groups is 1. The second-order valence-electron chi connectivity index (χ2n) is 4.04. The fourth-order valence-corrected chi connectivity index (χ4v) is 2.90. The summed E-state index contributed by atoms with van der Waals surface area (Å²) in [5, 5.41) is 3.29. The van der Waals surface area contributed by atoms with E-state index in [-0.39, 0.29) is 5.82 Å². The van der Waals surface area contributed by atoms with Crippen molar-refractivity contribution in [2.45, 2.75) is 25.8 Å². The van der Waals surface area contributed by atoms with E-state index >= 15 is 0 Å². The summed E-state index contributed by atoms with van der Waals surface area (Å²) in [6.07, 6.45) is 2.39. The lowest BCUT2D eigenvalue weighted by Crippen LogP contribution is -2.26. The molecule has 0 radical (unpaired) electrons. The second-order valence-corrected chi connectivity index (χ2v) is 5.19. The summed E-state index contributed by atoms with van der Waals surface area (Å²) in [6, 6.07) is 5.65. The molecule has 1 nitrogen and oxygen atoms in total. The van der Waals surface area contributed by atoms with Crippen molar-refractivity contribution in [1.29, 1.82) is 0 Å². The zero-order chi connectivity index (χ0) is 10.7. The van der Waals surface area contributed by atoms with Crippen LogP contribution in [-0.2, 0) is 0 Å². The molecule has 3 heteroatoms. The van der Waals surface area contributed by atoms with Gasteiger partial charge in [-0.05, 0) is 43.2 Å². The molecule has 0 aromatic heterocycles. The number of anilines is 1. The summed E-state index contributed by atoms with van der Waals surface area (Å²) < 4.78 is 13.5. The van der Waals surface area contributed by atoms with Gasteiger partial charge in [0.1, 0.15) is 5.82 Å². The Balaban J connectivity index is 2.05. The lowest BCUT2D eigenvalue weighted by atomic mass is 10.1. The van der Waals surface area contributed by atoms with Gasteiger partial charge >= 0.3 is 0 Å². The standard InChI is InChI=1S/C12H16FNS/c1-9-4-5-11(13)12(7-9)14-10-3-2-6-15-8-10/h4-5,7,10,14H,2-3,6,8H2,1H3/t10-/m1/s1. The molecule has 0 saturated carbocycles. The van der Waals surface area contributed by atoms with E-state index in [0.29, 0.717) is 11.7 Å². The maximum Gasteiger partial charge on any atom is 0.146 e. The van der Waals surface area contributed by atoms with Crippen LogP contribution in [-0.4, -0.2) is 17.5 Å². The Morgan fingerprint density at radius 3 is 3.07 bits per heavy atom. The number of halogens is 1. The van der Waals surface area contributed by atoms with Crippen molar-refractivity contribution >= 4 is 17.4 Å². The first-order valence-corrected chi connectivity index (χ1v) is 6.51. The molecule has 2 rings (SSSR count). The third-order valence-electron chi connectivity index (χ3n) is 2.64. The lowest BCUT2D eigenvalue weighted by molar-refractivity contribution is 0.619. The van der Waals surface area contributed by atoms with Crippen LogP contribution in [0, 0.1) is 12.7 Å². The predicted octanol–water partition coefficient (Wildman–Crippen LogP) is 3.44. The Morgan fingerprint density at radius 1 is 1.47 bits per heavy atom. The van der Waals surface area contributed by atoms with Gasteiger partial charge in [-0.15, -0.1) is 0 Å². The minimum Gasteiger partial charge on any atom is -0.379 e.